The van der Waals surface area contributed by atoms with Gasteiger partial charge in [0, 0.05) is 12.1 Å². The van der Waals surface area contributed by atoms with E-state index in [-0.39, 0.29) is 11.7 Å². The van der Waals surface area contributed by atoms with Gasteiger partial charge >= 0.3 is 0 Å². The summed E-state index contributed by atoms with van der Waals surface area (Å²) < 4.78 is 26.3. The molecule has 1 N–H and O–H groups in total. The van der Waals surface area contributed by atoms with Crippen LogP contribution in [0.1, 0.15) is 16.8 Å². The highest BCUT2D eigenvalue weighted by atomic mass is 32.2. The van der Waals surface area contributed by atoms with Crippen LogP contribution in [0.3, 0.4) is 0 Å². The maximum atomic E-state index is 12.4. The zero-order valence-corrected chi connectivity index (χ0v) is 14.8. The predicted molar refractivity (Wildman–Crippen MR) is 99.8 cm³/mol. The lowest BCUT2D eigenvalue weighted by Gasteiger charge is -2.16. The van der Waals surface area contributed by atoms with Crippen molar-refractivity contribution in [2.75, 3.05) is 21.9 Å². The molecule has 0 bridgehead atoms. The molecule has 0 atom stereocenters. The number of aromatic nitrogens is 1. The number of fused-ring (bicyclic) bond motifs is 1. The summed E-state index contributed by atoms with van der Waals surface area (Å²) in [6, 6.07) is 14.3. The van der Waals surface area contributed by atoms with E-state index in [0.29, 0.717) is 29.3 Å². The molecule has 0 aliphatic carbocycles. The van der Waals surface area contributed by atoms with Crippen LogP contribution in [0.4, 0.5) is 10.8 Å². The van der Waals surface area contributed by atoms with Gasteiger partial charge in [0.1, 0.15) is 0 Å². The Balaban J connectivity index is 1.52. The first-order valence-corrected chi connectivity index (χ1v) is 10.2. The third kappa shape index (κ3) is 3.10. The zero-order chi connectivity index (χ0) is 17.4. The van der Waals surface area contributed by atoms with Gasteiger partial charge in [-0.05, 0) is 42.8 Å². The van der Waals surface area contributed by atoms with Crippen LogP contribution in [-0.4, -0.2) is 31.6 Å². The van der Waals surface area contributed by atoms with E-state index in [9.17, 15) is 13.2 Å². The molecule has 1 aromatic heterocycles. The van der Waals surface area contributed by atoms with Crippen LogP contribution in [0.2, 0.25) is 0 Å². The van der Waals surface area contributed by atoms with Crippen LogP contribution in [0.5, 0.6) is 0 Å². The Kier molecular flexibility index (Phi) is 3.93. The van der Waals surface area contributed by atoms with Crippen LogP contribution < -0.4 is 9.62 Å². The monoisotopic (exact) mass is 373 g/mol. The third-order valence-corrected chi connectivity index (χ3v) is 6.85. The molecule has 128 valence electrons. The topological polar surface area (TPSA) is 79.4 Å². The Bertz CT molecular complexity index is 1010. The maximum absolute atomic E-state index is 12.4. The van der Waals surface area contributed by atoms with Gasteiger partial charge in [-0.3, -0.25) is 14.4 Å². The number of benzene rings is 2. The van der Waals surface area contributed by atoms with E-state index in [1.807, 2.05) is 24.3 Å². The highest BCUT2D eigenvalue weighted by Crippen LogP contribution is 2.27. The van der Waals surface area contributed by atoms with Gasteiger partial charge in [0.05, 0.1) is 21.7 Å². The zero-order valence-electron chi connectivity index (χ0n) is 13.2. The first kappa shape index (κ1) is 16.0. The maximum Gasteiger partial charge on any atom is 0.257 e. The Morgan fingerprint density at radius 3 is 2.56 bits per heavy atom. The lowest BCUT2D eigenvalue weighted by Crippen LogP contribution is -2.25. The smallest absolute Gasteiger partial charge is 0.257 e. The molecule has 2 aromatic carbocycles. The quantitative estimate of drug-likeness (QED) is 0.765. The molecule has 1 fully saturated rings. The third-order valence-electron chi connectivity index (χ3n) is 4.03. The summed E-state index contributed by atoms with van der Waals surface area (Å²) in [4.78, 5) is 16.8. The average molecular weight is 373 g/mol. The van der Waals surface area contributed by atoms with Crippen molar-refractivity contribution in [2.45, 2.75) is 6.42 Å². The van der Waals surface area contributed by atoms with Crippen LogP contribution in [0.15, 0.2) is 48.5 Å². The van der Waals surface area contributed by atoms with Crippen LogP contribution in [0, 0.1) is 0 Å². The number of amides is 1. The van der Waals surface area contributed by atoms with Crippen LogP contribution in [0.25, 0.3) is 10.2 Å². The average Bonchev–Trinajstić information content (AvgIpc) is 3.16. The summed E-state index contributed by atoms with van der Waals surface area (Å²) in [7, 11) is -3.21. The van der Waals surface area contributed by atoms with Crippen molar-refractivity contribution in [3.05, 3.63) is 54.1 Å². The minimum atomic E-state index is -3.21. The molecule has 6 nitrogen and oxygen atoms in total. The fourth-order valence-electron chi connectivity index (χ4n) is 2.80. The van der Waals surface area contributed by atoms with E-state index in [2.05, 4.69) is 10.3 Å². The standard InChI is InChI=1S/C17H15N3O3S2/c21-16(19-17-18-14-4-1-2-5-15(14)24-17)12-6-8-13(9-7-12)20-10-3-11-25(20,22)23/h1-2,4-9H,3,10-11H2,(H,18,19,21). The van der Waals surface area contributed by atoms with Crippen molar-refractivity contribution in [1.82, 2.24) is 4.98 Å². The molecular weight excluding hydrogens is 358 g/mol. The Morgan fingerprint density at radius 2 is 1.88 bits per heavy atom. The number of carbonyl (C=O) groups excluding carboxylic acids is 1. The minimum Gasteiger partial charge on any atom is -0.298 e. The van der Waals surface area contributed by atoms with E-state index in [1.165, 1.54) is 15.6 Å². The van der Waals surface area contributed by atoms with Gasteiger partial charge in [-0.15, -0.1) is 0 Å². The molecule has 1 saturated heterocycles. The fraction of sp³-hybridized carbons (Fsp3) is 0.176. The number of para-hydroxylation sites is 1. The largest absolute Gasteiger partial charge is 0.298 e. The molecule has 1 amide bonds. The fourth-order valence-corrected chi connectivity index (χ4v) is 5.23. The molecule has 2 heterocycles. The molecule has 0 unspecified atom stereocenters. The lowest BCUT2D eigenvalue weighted by atomic mass is 10.2. The Labute approximate surface area is 149 Å². The predicted octanol–water partition coefficient (Wildman–Crippen LogP) is 3.09. The van der Waals surface area contributed by atoms with E-state index in [4.69, 9.17) is 0 Å². The molecule has 4 rings (SSSR count). The van der Waals surface area contributed by atoms with Crippen molar-refractivity contribution >= 4 is 48.3 Å². The molecule has 1 aliphatic rings. The number of hydrogen-bond donors (Lipinski definition) is 1. The number of carbonyl (C=O) groups is 1. The van der Waals surface area contributed by atoms with Crippen molar-refractivity contribution in [1.29, 1.82) is 0 Å². The molecule has 25 heavy (non-hydrogen) atoms. The van der Waals surface area contributed by atoms with Gasteiger partial charge in [0.2, 0.25) is 10.0 Å². The van der Waals surface area contributed by atoms with E-state index in [1.54, 1.807) is 24.3 Å². The highest BCUT2D eigenvalue weighted by Gasteiger charge is 2.28. The van der Waals surface area contributed by atoms with Gasteiger partial charge in [0.15, 0.2) is 5.13 Å². The number of anilines is 2. The van der Waals surface area contributed by atoms with Gasteiger partial charge in [0.25, 0.3) is 5.91 Å². The van der Waals surface area contributed by atoms with Gasteiger partial charge in [-0.25, -0.2) is 13.4 Å². The second-order valence-corrected chi connectivity index (χ2v) is 8.77. The SMILES string of the molecule is O=C(Nc1nc2ccccc2s1)c1ccc(N2CCCS2(=O)=O)cc1. The number of rotatable bonds is 3. The second kappa shape index (κ2) is 6.12. The van der Waals surface area contributed by atoms with E-state index in [0.717, 1.165) is 10.2 Å². The summed E-state index contributed by atoms with van der Waals surface area (Å²) in [6.07, 6.45) is 0.627. The second-order valence-electron chi connectivity index (χ2n) is 5.73. The molecule has 0 saturated carbocycles. The van der Waals surface area contributed by atoms with Crippen molar-refractivity contribution in [2.24, 2.45) is 0 Å². The lowest BCUT2D eigenvalue weighted by molar-refractivity contribution is 0.102. The van der Waals surface area contributed by atoms with Crippen molar-refractivity contribution in [3.8, 4) is 0 Å². The summed E-state index contributed by atoms with van der Waals surface area (Å²) in [5.74, 6) is -0.0952. The number of sulfonamides is 1. The van der Waals surface area contributed by atoms with E-state index >= 15 is 0 Å². The molecule has 8 heteroatoms. The summed E-state index contributed by atoms with van der Waals surface area (Å²) in [6.45, 7) is 0.486. The molecule has 3 aromatic rings. The van der Waals surface area contributed by atoms with E-state index < -0.39 is 10.0 Å². The van der Waals surface area contributed by atoms with Gasteiger partial charge in [-0.1, -0.05) is 23.5 Å². The summed E-state index contributed by atoms with van der Waals surface area (Å²) in [5, 5.41) is 3.33. The minimum absolute atomic E-state index is 0.173. The Morgan fingerprint density at radius 1 is 1.12 bits per heavy atom. The highest BCUT2D eigenvalue weighted by molar-refractivity contribution is 7.93. The van der Waals surface area contributed by atoms with Crippen molar-refractivity contribution in [3.63, 3.8) is 0 Å². The van der Waals surface area contributed by atoms with Crippen LogP contribution in [-0.2, 0) is 10.0 Å². The van der Waals surface area contributed by atoms with Gasteiger partial charge in [-0.2, -0.15) is 0 Å². The number of thiazole rings is 1. The Hall–Kier alpha value is -2.45. The number of nitrogens with one attached hydrogen (secondary N) is 1. The summed E-state index contributed by atoms with van der Waals surface area (Å²) in [5.41, 5.74) is 1.89. The molecule has 0 spiro atoms. The normalized spacial score (nSPS) is 16.2. The number of nitrogens with zero attached hydrogens (tertiary/aromatic N) is 2. The number of hydrogen-bond acceptors (Lipinski definition) is 5. The summed E-state index contributed by atoms with van der Waals surface area (Å²) >= 11 is 1.41. The van der Waals surface area contributed by atoms with Crippen LogP contribution >= 0.6 is 11.3 Å². The molecular formula is C17H15N3O3S2. The molecule has 0 radical (unpaired) electrons. The van der Waals surface area contributed by atoms with Gasteiger partial charge < -0.3 is 0 Å². The first-order valence-electron chi connectivity index (χ1n) is 7.80. The first-order chi connectivity index (χ1) is 12.0. The van der Waals surface area contributed by atoms with Crippen molar-refractivity contribution < 1.29 is 13.2 Å². The molecule has 1 aliphatic heterocycles.